The standard InChI is InChI=1S/C15H19N3O2/c1-20-12-6-8-17(9-7-12)15(19)10-18-11-16-13-4-2-3-5-14(13)18/h2-5,11-12H,6-10H2,1H3. The number of rotatable bonds is 3. The summed E-state index contributed by atoms with van der Waals surface area (Å²) in [7, 11) is 1.74. The molecular formula is C15H19N3O2. The zero-order valence-corrected chi connectivity index (χ0v) is 11.7. The third-order valence-corrected chi connectivity index (χ3v) is 3.96. The summed E-state index contributed by atoms with van der Waals surface area (Å²) in [5, 5.41) is 0. The highest BCUT2D eigenvalue weighted by Crippen LogP contribution is 2.15. The van der Waals surface area contributed by atoms with Crippen LogP contribution in [0.25, 0.3) is 11.0 Å². The molecule has 0 aliphatic carbocycles. The van der Waals surface area contributed by atoms with E-state index in [1.165, 1.54) is 0 Å². The molecule has 0 radical (unpaired) electrons. The summed E-state index contributed by atoms with van der Waals surface area (Å²) >= 11 is 0. The molecule has 1 aromatic carbocycles. The number of amides is 1. The molecule has 1 aliphatic rings. The van der Waals surface area contributed by atoms with Crippen LogP contribution in [0.15, 0.2) is 30.6 Å². The van der Waals surface area contributed by atoms with Crippen LogP contribution in [-0.2, 0) is 16.1 Å². The smallest absolute Gasteiger partial charge is 0.242 e. The van der Waals surface area contributed by atoms with E-state index in [9.17, 15) is 4.79 Å². The molecule has 20 heavy (non-hydrogen) atoms. The second-order valence-electron chi connectivity index (χ2n) is 5.18. The van der Waals surface area contributed by atoms with Gasteiger partial charge in [0.1, 0.15) is 6.54 Å². The highest BCUT2D eigenvalue weighted by molar-refractivity contribution is 5.80. The Morgan fingerprint density at radius 3 is 2.85 bits per heavy atom. The first-order chi connectivity index (χ1) is 9.78. The second-order valence-corrected chi connectivity index (χ2v) is 5.18. The van der Waals surface area contributed by atoms with E-state index >= 15 is 0 Å². The number of carbonyl (C=O) groups excluding carboxylic acids is 1. The lowest BCUT2D eigenvalue weighted by Gasteiger charge is -2.31. The van der Waals surface area contributed by atoms with Gasteiger partial charge in [0, 0.05) is 20.2 Å². The van der Waals surface area contributed by atoms with E-state index in [2.05, 4.69) is 4.98 Å². The average Bonchev–Trinajstić information content (AvgIpc) is 2.91. The first-order valence-corrected chi connectivity index (χ1v) is 6.98. The first kappa shape index (κ1) is 13.1. The summed E-state index contributed by atoms with van der Waals surface area (Å²) in [5.41, 5.74) is 1.94. The van der Waals surface area contributed by atoms with E-state index in [1.807, 2.05) is 33.7 Å². The number of hydrogen-bond donors (Lipinski definition) is 0. The van der Waals surface area contributed by atoms with Crippen LogP contribution in [0.2, 0.25) is 0 Å². The van der Waals surface area contributed by atoms with Crippen LogP contribution in [0.1, 0.15) is 12.8 Å². The molecule has 0 unspecified atom stereocenters. The van der Waals surface area contributed by atoms with Crippen molar-refractivity contribution < 1.29 is 9.53 Å². The Kier molecular flexibility index (Phi) is 3.69. The number of piperidine rings is 1. The molecule has 1 fully saturated rings. The number of aromatic nitrogens is 2. The van der Waals surface area contributed by atoms with Crippen LogP contribution < -0.4 is 0 Å². The number of hydrogen-bond acceptors (Lipinski definition) is 3. The minimum atomic E-state index is 0.155. The van der Waals surface area contributed by atoms with Gasteiger partial charge in [-0.2, -0.15) is 0 Å². The third-order valence-electron chi connectivity index (χ3n) is 3.96. The fourth-order valence-electron chi connectivity index (χ4n) is 2.72. The van der Waals surface area contributed by atoms with Gasteiger partial charge in [0.15, 0.2) is 0 Å². The molecule has 2 aromatic rings. The fraction of sp³-hybridized carbons (Fsp3) is 0.467. The van der Waals surface area contributed by atoms with Gasteiger partial charge < -0.3 is 14.2 Å². The van der Waals surface area contributed by atoms with Crippen molar-refractivity contribution in [2.24, 2.45) is 0 Å². The lowest BCUT2D eigenvalue weighted by Crippen LogP contribution is -2.42. The molecule has 0 spiro atoms. The Labute approximate surface area is 118 Å². The van der Waals surface area contributed by atoms with E-state index < -0.39 is 0 Å². The van der Waals surface area contributed by atoms with Crippen LogP contribution in [0.4, 0.5) is 0 Å². The summed E-state index contributed by atoms with van der Waals surface area (Å²) in [6.45, 7) is 1.92. The molecule has 0 saturated carbocycles. The van der Waals surface area contributed by atoms with Gasteiger partial charge in [-0.05, 0) is 25.0 Å². The molecule has 3 rings (SSSR count). The zero-order chi connectivity index (χ0) is 13.9. The number of nitrogens with zero attached hydrogens (tertiary/aromatic N) is 3. The van der Waals surface area contributed by atoms with Gasteiger partial charge in [0.2, 0.25) is 5.91 Å². The Bertz CT molecular complexity index is 600. The average molecular weight is 273 g/mol. The summed E-state index contributed by atoms with van der Waals surface area (Å²) < 4.78 is 7.25. The number of methoxy groups -OCH3 is 1. The van der Waals surface area contributed by atoms with Crippen molar-refractivity contribution in [3.05, 3.63) is 30.6 Å². The molecule has 106 valence electrons. The second kappa shape index (κ2) is 5.63. The lowest BCUT2D eigenvalue weighted by molar-refractivity contribution is -0.134. The quantitative estimate of drug-likeness (QED) is 0.854. The van der Waals surface area contributed by atoms with Crippen molar-refractivity contribution in [2.75, 3.05) is 20.2 Å². The number of imidazole rings is 1. The Morgan fingerprint density at radius 1 is 1.35 bits per heavy atom. The van der Waals surface area contributed by atoms with Gasteiger partial charge in [0.05, 0.1) is 23.5 Å². The van der Waals surface area contributed by atoms with Crippen LogP contribution in [0.3, 0.4) is 0 Å². The maximum atomic E-state index is 12.3. The van der Waals surface area contributed by atoms with E-state index in [0.717, 1.165) is 37.0 Å². The lowest BCUT2D eigenvalue weighted by atomic mass is 10.1. The van der Waals surface area contributed by atoms with Gasteiger partial charge in [0.25, 0.3) is 0 Å². The first-order valence-electron chi connectivity index (χ1n) is 6.98. The number of likely N-dealkylation sites (tertiary alicyclic amines) is 1. The predicted molar refractivity (Wildman–Crippen MR) is 76.3 cm³/mol. The maximum Gasteiger partial charge on any atom is 0.242 e. The van der Waals surface area contributed by atoms with Crippen molar-refractivity contribution >= 4 is 16.9 Å². The zero-order valence-electron chi connectivity index (χ0n) is 11.7. The van der Waals surface area contributed by atoms with Crippen LogP contribution in [0, 0.1) is 0 Å². The molecule has 0 atom stereocenters. The maximum absolute atomic E-state index is 12.3. The van der Waals surface area contributed by atoms with E-state index in [1.54, 1.807) is 13.4 Å². The molecule has 1 saturated heterocycles. The summed E-state index contributed by atoms with van der Waals surface area (Å²) in [6, 6.07) is 7.87. The molecule has 5 nitrogen and oxygen atoms in total. The highest BCUT2D eigenvalue weighted by atomic mass is 16.5. The number of para-hydroxylation sites is 2. The molecule has 0 bridgehead atoms. The van der Waals surface area contributed by atoms with Gasteiger partial charge in [-0.15, -0.1) is 0 Å². The van der Waals surface area contributed by atoms with E-state index in [0.29, 0.717) is 12.6 Å². The SMILES string of the molecule is COC1CCN(C(=O)Cn2cnc3ccccc32)CC1. The van der Waals surface area contributed by atoms with Gasteiger partial charge in [-0.1, -0.05) is 12.1 Å². The largest absolute Gasteiger partial charge is 0.381 e. The van der Waals surface area contributed by atoms with Gasteiger partial charge in [-0.3, -0.25) is 4.79 Å². The topological polar surface area (TPSA) is 47.4 Å². The summed E-state index contributed by atoms with van der Waals surface area (Å²) in [5.74, 6) is 0.155. The predicted octanol–water partition coefficient (Wildman–Crippen LogP) is 1.67. The molecule has 0 N–H and O–H groups in total. The van der Waals surface area contributed by atoms with Gasteiger partial charge in [-0.25, -0.2) is 4.98 Å². The van der Waals surface area contributed by atoms with E-state index in [4.69, 9.17) is 4.74 Å². The Hall–Kier alpha value is -1.88. The summed E-state index contributed by atoms with van der Waals surface area (Å²) in [6.07, 6.45) is 3.89. The number of carbonyl (C=O) groups is 1. The Balaban J connectivity index is 1.67. The van der Waals surface area contributed by atoms with E-state index in [-0.39, 0.29) is 5.91 Å². The van der Waals surface area contributed by atoms with Crippen molar-refractivity contribution in [2.45, 2.75) is 25.5 Å². The minimum absolute atomic E-state index is 0.155. The minimum Gasteiger partial charge on any atom is -0.381 e. The van der Waals surface area contributed by atoms with Crippen LogP contribution >= 0.6 is 0 Å². The number of benzene rings is 1. The normalized spacial score (nSPS) is 16.8. The fourth-order valence-corrected chi connectivity index (χ4v) is 2.72. The van der Waals surface area contributed by atoms with Crippen molar-refractivity contribution in [3.8, 4) is 0 Å². The Morgan fingerprint density at radius 2 is 2.10 bits per heavy atom. The molecular weight excluding hydrogens is 254 g/mol. The van der Waals surface area contributed by atoms with Gasteiger partial charge >= 0.3 is 0 Å². The van der Waals surface area contributed by atoms with Crippen LogP contribution in [0.5, 0.6) is 0 Å². The molecule has 1 amide bonds. The number of ether oxygens (including phenoxy) is 1. The van der Waals surface area contributed by atoms with Crippen molar-refractivity contribution in [3.63, 3.8) is 0 Å². The third kappa shape index (κ3) is 2.54. The van der Waals surface area contributed by atoms with Crippen LogP contribution in [-0.4, -0.2) is 46.7 Å². The molecule has 2 heterocycles. The monoisotopic (exact) mass is 273 g/mol. The molecule has 1 aliphatic heterocycles. The molecule has 1 aromatic heterocycles. The highest BCUT2D eigenvalue weighted by Gasteiger charge is 2.22. The van der Waals surface area contributed by atoms with Crippen molar-refractivity contribution in [1.82, 2.24) is 14.5 Å². The molecule has 5 heteroatoms. The number of fused-ring (bicyclic) bond motifs is 1. The summed E-state index contributed by atoms with van der Waals surface area (Å²) in [4.78, 5) is 18.6. The van der Waals surface area contributed by atoms with Crippen molar-refractivity contribution in [1.29, 1.82) is 0 Å².